The highest BCUT2D eigenvalue weighted by atomic mass is 16.9. The van der Waals surface area contributed by atoms with Gasteiger partial charge in [-0.2, -0.15) is 0 Å². The molecule has 12 heteroatoms. The first-order valence-corrected chi connectivity index (χ1v) is 5.33. The van der Waals surface area contributed by atoms with E-state index in [-0.39, 0.29) is 0 Å². The Labute approximate surface area is 123 Å². The SMILES string of the molecule is Nc1cccc[nH+]1.Nc1cccc[nH+]1.O=[N+]([O-])[O-].O=[N+]([O-])[O-]. The molecule has 2 aromatic rings. The van der Waals surface area contributed by atoms with Gasteiger partial charge in [0.1, 0.15) is 0 Å². The number of nitrogens with one attached hydrogen (secondary N) is 2. The third kappa shape index (κ3) is 25.2. The van der Waals surface area contributed by atoms with Crippen molar-refractivity contribution in [3.05, 3.63) is 79.4 Å². The van der Waals surface area contributed by atoms with Crippen LogP contribution >= 0.6 is 0 Å². The van der Waals surface area contributed by atoms with Crippen molar-refractivity contribution >= 4 is 11.6 Å². The Balaban J connectivity index is 0. The average Bonchev–Trinajstić information content (AvgIpc) is 2.40. The van der Waals surface area contributed by atoms with Gasteiger partial charge in [0.15, 0.2) is 0 Å². The zero-order valence-corrected chi connectivity index (χ0v) is 11.1. The quantitative estimate of drug-likeness (QED) is 0.484. The molecule has 0 aliphatic heterocycles. The van der Waals surface area contributed by atoms with Gasteiger partial charge < -0.3 is 30.6 Å². The molecular formula is C10H14N6O6. The lowest BCUT2D eigenvalue weighted by molar-refractivity contribution is -0.403. The van der Waals surface area contributed by atoms with Crippen molar-refractivity contribution in [1.29, 1.82) is 0 Å². The molecule has 0 aliphatic rings. The van der Waals surface area contributed by atoms with E-state index in [0.29, 0.717) is 11.6 Å². The van der Waals surface area contributed by atoms with Crippen molar-refractivity contribution < 1.29 is 20.1 Å². The predicted molar refractivity (Wildman–Crippen MR) is 75.5 cm³/mol. The first kappa shape index (κ1) is 20.6. The zero-order chi connectivity index (χ0) is 17.4. The number of hydrogen-bond acceptors (Lipinski definition) is 8. The van der Waals surface area contributed by atoms with E-state index in [1.54, 1.807) is 24.5 Å². The average molecular weight is 314 g/mol. The summed E-state index contributed by atoms with van der Waals surface area (Å²) in [5, 5.41) is 29.5. The van der Waals surface area contributed by atoms with Crippen molar-refractivity contribution in [2.75, 3.05) is 11.5 Å². The summed E-state index contributed by atoms with van der Waals surface area (Å²) in [5.74, 6) is 1.39. The highest BCUT2D eigenvalue weighted by Crippen LogP contribution is 1.83. The van der Waals surface area contributed by atoms with Crippen molar-refractivity contribution in [1.82, 2.24) is 0 Å². The normalized spacial score (nSPS) is 7.64. The van der Waals surface area contributed by atoms with E-state index in [1.165, 1.54) is 0 Å². The van der Waals surface area contributed by atoms with Crippen LogP contribution in [0.25, 0.3) is 0 Å². The van der Waals surface area contributed by atoms with Crippen LogP contribution in [0.3, 0.4) is 0 Å². The van der Waals surface area contributed by atoms with Crippen LogP contribution in [0.2, 0.25) is 0 Å². The van der Waals surface area contributed by atoms with Crippen molar-refractivity contribution in [2.45, 2.75) is 0 Å². The van der Waals surface area contributed by atoms with Crippen LogP contribution in [0.4, 0.5) is 11.6 Å². The molecule has 2 aromatic heterocycles. The predicted octanol–water partition coefficient (Wildman–Crippen LogP) is -0.312. The number of anilines is 2. The van der Waals surface area contributed by atoms with E-state index >= 15 is 0 Å². The Morgan fingerprint density at radius 2 is 1.00 bits per heavy atom. The molecule has 6 N–H and O–H groups in total. The third-order valence-electron chi connectivity index (χ3n) is 1.47. The topological polar surface area (TPSA) is 213 Å². The van der Waals surface area contributed by atoms with Crippen LogP contribution in [-0.4, -0.2) is 10.2 Å². The Kier molecular flexibility index (Phi) is 12.9. The van der Waals surface area contributed by atoms with E-state index in [9.17, 15) is 0 Å². The molecule has 2 heterocycles. The molecule has 120 valence electrons. The highest BCUT2D eigenvalue weighted by Gasteiger charge is 1.81. The van der Waals surface area contributed by atoms with Gasteiger partial charge in [0.05, 0.1) is 22.6 Å². The van der Waals surface area contributed by atoms with Gasteiger partial charge in [-0.05, 0) is 12.1 Å². The fourth-order valence-electron chi connectivity index (χ4n) is 0.814. The minimum atomic E-state index is -1.75. The molecule has 22 heavy (non-hydrogen) atoms. The van der Waals surface area contributed by atoms with Gasteiger partial charge in [-0.1, -0.05) is 12.1 Å². The van der Waals surface area contributed by atoms with Crippen molar-refractivity contribution in [2.24, 2.45) is 0 Å². The van der Waals surface area contributed by atoms with Crippen LogP contribution in [0, 0.1) is 30.6 Å². The fraction of sp³-hybridized carbons (Fsp3) is 0. The fourth-order valence-corrected chi connectivity index (χ4v) is 0.814. The van der Waals surface area contributed by atoms with E-state index in [0.717, 1.165) is 0 Å². The Morgan fingerprint density at radius 3 is 1.09 bits per heavy atom. The van der Waals surface area contributed by atoms with Crippen LogP contribution in [0.5, 0.6) is 0 Å². The van der Waals surface area contributed by atoms with Crippen molar-refractivity contribution in [3.63, 3.8) is 0 Å². The molecule has 12 nitrogen and oxygen atoms in total. The molecule has 0 aromatic carbocycles. The molecule has 0 radical (unpaired) electrons. The lowest BCUT2D eigenvalue weighted by atomic mass is 10.5. The standard InChI is InChI=1S/2C5H6N2.2NO3/c2*6-5-3-1-2-4-7-5;2*2-1(3)4/h2*1-4H,(H2,6,7);;/q;;2*-1/p+2. The summed E-state index contributed by atoms with van der Waals surface area (Å²) in [6.07, 6.45) is 3.57. The summed E-state index contributed by atoms with van der Waals surface area (Å²) in [6, 6.07) is 11.1. The smallest absolute Gasteiger partial charge is 0.269 e. The summed E-state index contributed by atoms with van der Waals surface area (Å²) in [5.41, 5.74) is 10.6. The van der Waals surface area contributed by atoms with Crippen LogP contribution < -0.4 is 21.4 Å². The maximum absolute atomic E-state index is 8.25. The lowest BCUT2D eigenvalue weighted by Gasteiger charge is -1.76. The van der Waals surface area contributed by atoms with Gasteiger partial charge in [-0.15, -0.1) is 0 Å². The molecule has 0 spiro atoms. The van der Waals surface area contributed by atoms with Gasteiger partial charge >= 0.3 is 0 Å². The molecule has 0 saturated heterocycles. The summed E-state index contributed by atoms with van der Waals surface area (Å²) in [7, 11) is 0. The number of pyridine rings is 2. The number of nitrogens with two attached hydrogens (primary N) is 2. The largest absolute Gasteiger partial charge is 0.356 e. The molecule has 0 unspecified atom stereocenters. The second-order valence-electron chi connectivity index (χ2n) is 3.08. The van der Waals surface area contributed by atoms with Crippen LogP contribution in [-0.2, 0) is 0 Å². The van der Waals surface area contributed by atoms with Crippen LogP contribution in [0.1, 0.15) is 0 Å². The number of H-pyrrole nitrogens is 2. The molecule has 0 atom stereocenters. The molecule has 0 bridgehead atoms. The number of aromatic amines is 2. The number of nitrogen functional groups attached to an aromatic ring is 2. The Morgan fingerprint density at radius 1 is 0.727 bits per heavy atom. The Bertz CT molecular complexity index is 468. The zero-order valence-electron chi connectivity index (χ0n) is 11.1. The summed E-state index contributed by atoms with van der Waals surface area (Å²) in [4.78, 5) is 22.1. The third-order valence-corrected chi connectivity index (χ3v) is 1.47. The first-order valence-electron chi connectivity index (χ1n) is 5.33. The van der Waals surface area contributed by atoms with E-state index in [1.807, 2.05) is 24.3 Å². The van der Waals surface area contributed by atoms with Gasteiger partial charge in [-0.25, -0.2) is 9.97 Å². The van der Waals surface area contributed by atoms with Crippen LogP contribution in [0.15, 0.2) is 48.8 Å². The number of nitrogens with zero attached hydrogens (tertiary/aromatic N) is 2. The van der Waals surface area contributed by atoms with Gasteiger partial charge in [-0.3, -0.25) is 11.5 Å². The van der Waals surface area contributed by atoms with E-state index < -0.39 is 10.2 Å². The van der Waals surface area contributed by atoms with E-state index in [4.69, 9.17) is 42.1 Å². The maximum Gasteiger partial charge on any atom is 0.269 e. The minimum Gasteiger partial charge on any atom is -0.356 e. The molecule has 0 amide bonds. The van der Waals surface area contributed by atoms with E-state index in [2.05, 4.69) is 9.97 Å². The van der Waals surface area contributed by atoms with Gasteiger partial charge in [0.25, 0.3) is 11.6 Å². The molecule has 2 rings (SSSR count). The summed E-state index contributed by atoms with van der Waals surface area (Å²) in [6.45, 7) is 0. The number of hydrogen-bond donors (Lipinski definition) is 2. The van der Waals surface area contributed by atoms with Gasteiger partial charge in [0.2, 0.25) is 0 Å². The number of aromatic nitrogens is 2. The summed E-state index contributed by atoms with van der Waals surface area (Å²) < 4.78 is 0. The lowest BCUT2D eigenvalue weighted by Crippen LogP contribution is -2.06. The van der Waals surface area contributed by atoms with Crippen molar-refractivity contribution in [3.8, 4) is 0 Å². The van der Waals surface area contributed by atoms with Gasteiger partial charge in [0, 0.05) is 12.1 Å². The summed E-state index contributed by atoms with van der Waals surface area (Å²) >= 11 is 0. The molecule has 0 saturated carbocycles. The molecule has 0 aliphatic carbocycles. The molecule has 0 fully saturated rings. The highest BCUT2D eigenvalue weighted by molar-refractivity contribution is 5.18. The minimum absolute atomic E-state index is 0.697. The Hall–Kier alpha value is -3.70. The maximum atomic E-state index is 8.25. The number of rotatable bonds is 0. The second-order valence-corrected chi connectivity index (χ2v) is 3.08. The second kappa shape index (κ2) is 13.7. The monoisotopic (exact) mass is 314 g/mol. The molecular weight excluding hydrogens is 300 g/mol. The first-order chi connectivity index (χ1) is 10.3.